The lowest BCUT2D eigenvalue weighted by molar-refractivity contribution is 0.460. The van der Waals surface area contributed by atoms with Crippen LogP contribution in [0.25, 0.3) is 0 Å². The van der Waals surface area contributed by atoms with Gasteiger partial charge in [-0.05, 0) is 62.4 Å². The number of piperidine rings is 1. The summed E-state index contributed by atoms with van der Waals surface area (Å²) in [6, 6.07) is 9.64. The average Bonchev–Trinajstić information content (AvgIpc) is 3.24. The van der Waals surface area contributed by atoms with Crippen molar-refractivity contribution < 1.29 is 0 Å². The molecule has 0 radical (unpaired) electrons. The van der Waals surface area contributed by atoms with Crippen LogP contribution in [-0.4, -0.2) is 24.6 Å². The lowest BCUT2D eigenvalue weighted by atomic mass is 9.90. The van der Waals surface area contributed by atoms with Crippen LogP contribution < -0.4 is 16.0 Å². The molecule has 4 nitrogen and oxygen atoms in total. The van der Waals surface area contributed by atoms with Crippen molar-refractivity contribution in [1.82, 2.24) is 10.3 Å². The van der Waals surface area contributed by atoms with E-state index in [1.807, 2.05) is 0 Å². The molecule has 23 heavy (non-hydrogen) atoms. The summed E-state index contributed by atoms with van der Waals surface area (Å²) in [4.78, 5) is 6.99. The Kier molecular flexibility index (Phi) is 4.23. The lowest BCUT2D eigenvalue weighted by Crippen LogP contribution is -2.26. The standard InChI is InChI=1S/C18H24N4S/c19-18-21-16(12-23-18)17-2-1-11-22(17)15-5-3-13(4-6-15)14-7-9-20-10-8-14/h3-6,12,14,17,20H,1-2,7-11H2,(H2,19,21). The van der Waals surface area contributed by atoms with E-state index < -0.39 is 0 Å². The largest absolute Gasteiger partial charge is 0.375 e. The first-order chi connectivity index (χ1) is 11.3. The Bertz CT molecular complexity index is 645. The van der Waals surface area contributed by atoms with E-state index in [2.05, 4.69) is 44.8 Å². The van der Waals surface area contributed by atoms with E-state index in [1.54, 1.807) is 11.3 Å². The third-order valence-electron chi connectivity index (χ3n) is 5.17. The molecule has 3 heterocycles. The highest BCUT2D eigenvalue weighted by Crippen LogP contribution is 2.37. The average molecular weight is 328 g/mol. The van der Waals surface area contributed by atoms with E-state index in [1.165, 1.54) is 36.9 Å². The molecule has 2 aliphatic rings. The molecule has 5 heteroatoms. The van der Waals surface area contributed by atoms with Gasteiger partial charge < -0.3 is 16.0 Å². The van der Waals surface area contributed by atoms with Crippen LogP contribution >= 0.6 is 11.3 Å². The Balaban J connectivity index is 1.52. The van der Waals surface area contributed by atoms with Crippen molar-refractivity contribution >= 4 is 22.2 Å². The zero-order valence-corrected chi connectivity index (χ0v) is 14.2. The van der Waals surface area contributed by atoms with Gasteiger partial charge in [0.1, 0.15) is 0 Å². The minimum atomic E-state index is 0.383. The second-order valence-corrected chi connectivity index (χ2v) is 7.47. The van der Waals surface area contributed by atoms with Crippen molar-refractivity contribution in [2.45, 2.75) is 37.6 Å². The highest BCUT2D eigenvalue weighted by molar-refractivity contribution is 7.13. The predicted octanol–water partition coefficient (Wildman–Crippen LogP) is 3.53. The summed E-state index contributed by atoms with van der Waals surface area (Å²) in [7, 11) is 0. The van der Waals surface area contributed by atoms with Gasteiger partial charge in [-0.15, -0.1) is 11.3 Å². The SMILES string of the molecule is Nc1nc(C2CCCN2c2ccc(C3CCNCC3)cc2)cs1. The first-order valence-electron chi connectivity index (χ1n) is 8.59. The topological polar surface area (TPSA) is 54.2 Å². The molecule has 0 saturated carbocycles. The quantitative estimate of drug-likeness (QED) is 0.905. The molecule has 0 aliphatic carbocycles. The molecule has 0 spiro atoms. The molecule has 1 unspecified atom stereocenters. The number of rotatable bonds is 3. The fourth-order valence-electron chi connectivity index (χ4n) is 3.93. The van der Waals surface area contributed by atoms with Gasteiger partial charge in [-0.1, -0.05) is 12.1 Å². The number of nitrogens with one attached hydrogen (secondary N) is 1. The van der Waals surface area contributed by atoms with Crippen molar-refractivity contribution in [3.05, 3.63) is 40.9 Å². The summed E-state index contributed by atoms with van der Waals surface area (Å²) in [6.07, 6.45) is 4.89. The maximum Gasteiger partial charge on any atom is 0.180 e. The second-order valence-electron chi connectivity index (χ2n) is 6.58. The monoisotopic (exact) mass is 328 g/mol. The molecule has 4 rings (SSSR count). The molecule has 2 aliphatic heterocycles. The normalized spacial score (nSPS) is 22.6. The highest BCUT2D eigenvalue weighted by atomic mass is 32.1. The smallest absolute Gasteiger partial charge is 0.180 e. The third-order valence-corrected chi connectivity index (χ3v) is 5.86. The summed E-state index contributed by atoms with van der Waals surface area (Å²) in [5, 5.41) is 6.23. The number of nitrogens with zero attached hydrogens (tertiary/aromatic N) is 2. The van der Waals surface area contributed by atoms with Gasteiger partial charge in [-0.3, -0.25) is 0 Å². The molecular weight excluding hydrogens is 304 g/mol. The van der Waals surface area contributed by atoms with E-state index in [0.29, 0.717) is 11.2 Å². The van der Waals surface area contributed by atoms with Crippen LogP contribution in [0.2, 0.25) is 0 Å². The van der Waals surface area contributed by atoms with Crippen molar-refractivity contribution in [3.63, 3.8) is 0 Å². The molecule has 2 fully saturated rings. The van der Waals surface area contributed by atoms with Gasteiger partial charge in [-0.25, -0.2) is 4.98 Å². The van der Waals surface area contributed by atoms with Gasteiger partial charge in [-0.2, -0.15) is 0 Å². The van der Waals surface area contributed by atoms with Crippen LogP contribution in [0.15, 0.2) is 29.6 Å². The van der Waals surface area contributed by atoms with Gasteiger partial charge in [0.15, 0.2) is 5.13 Å². The predicted molar refractivity (Wildman–Crippen MR) is 97.1 cm³/mol. The van der Waals surface area contributed by atoms with Crippen LogP contribution in [0, 0.1) is 0 Å². The van der Waals surface area contributed by atoms with Crippen molar-refractivity contribution in [2.75, 3.05) is 30.3 Å². The van der Waals surface area contributed by atoms with Crippen molar-refractivity contribution in [3.8, 4) is 0 Å². The number of thiazole rings is 1. The van der Waals surface area contributed by atoms with Crippen molar-refractivity contribution in [1.29, 1.82) is 0 Å². The Morgan fingerprint density at radius 3 is 2.61 bits per heavy atom. The summed E-state index contributed by atoms with van der Waals surface area (Å²) in [5.74, 6) is 0.720. The minimum absolute atomic E-state index is 0.383. The summed E-state index contributed by atoms with van der Waals surface area (Å²) < 4.78 is 0. The van der Waals surface area contributed by atoms with E-state index in [4.69, 9.17) is 5.73 Å². The van der Waals surface area contributed by atoms with Crippen LogP contribution in [0.3, 0.4) is 0 Å². The Labute approximate surface area is 141 Å². The highest BCUT2D eigenvalue weighted by Gasteiger charge is 2.28. The van der Waals surface area contributed by atoms with Gasteiger partial charge in [0.25, 0.3) is 0 Å². The molecule has 1 aromatic heterocycles. The fraction of sp³-hybridized carbons (Fsp3) is 0.500. The summed E-state index contributed by atoms with van der Waals surface area (Å²) >= 11 is 1.54. The second kappa shape index (κ2) is 6.49. The van der Waals surface area contributed by atoms with E-state index in [0.717, 1.165) is 31.2 Å². The molecular formula is C18H24N4S. The van der Waals surface area contributed by atoms with Crippen LogP contribution in [0.4, 0.5) is 10.8 Å². The molecule has 122 valence electrons. The zero-order valence-electron chi connectivity index (χ0n) is 13.4. The number of aromatic nitrogens is 1. The first-order valence-corrected chi connectivity index (χ1v) is 9.47. The fourth-order valence-corrected chi connectivity index (χ4v) is 4.54. The lowest BCUT2D eigenvalue weighted by Gasteiger charge is -2.27. The van der Waals surface area contributed by atoms with Gasteiger partial charge >= 0.3 is 0 Å². The zero-order chi connectivity index (χ0) is 15.6. The molecule has 1 atom stereocenters. The Hall–Kier alpha value is -1.59. The van der Waals surface area contributed by atoms with E-state index in [-0.39, 0.29) is 0 Å². The first kappa shape index (κ1) is 15.0. The third kappa shape index (κ3) is 3.08. The van der Waals surface area contributed by atoms with Crippen LogP contribution in [0.5, 0.6) is 0 Å². The molecule has 0 bridgehead atoms. The summed E-state index contributed by atoms with van der Waals surface area (Å²) in [5.41, 5.74) is 9.75. The Morgan fingerprint density at radius 1 is 1.13 bits per heavy atom. The minimum Gasteiger partial charge on any atom is -0.375 e. The van der Waals surface area contributed by atoms with Crippen LogP contribution in [-0.2, 0) is 0 Å². The number of nitrogens with two attached hydrogens (primary N) is 1. The van der Waals surface area contributed by atoms with E-state index in [9.17, 15) is 0 Å². The number of anilines is 2. The van der Waals surface area contributed by atoms with Gasteiger partial charge in [0.05, 0.1) is 11.7 Å². The van der Waals surface area contributed by atoms with Crippen molar-refractivity contribution in [2.24, 2.45) is 0 Å². The maximum atomic E-state index is 5.82. The number of benzene rings is 1. The Morgan fingerprint density at radius 2 is 1.91 bits per heavy atom. The molecule has 0 amide bonds. The molecule has 2 saturated heterocycles. The molecule has 3 N–H and O–H groups in total. The summed E-state index contributed by atoms with van der Waals surface area (Å²) in [6.45, 7) is 3.40. The van der Waals surface area contributed by atoms with Gasteiger partial charge in [0.2, 0.25) is 0 Å². The van der Waals surface area contributed by atoms with Gasteiger partial charge in [0, 0.05) is 17.6 Å². The maximum absolute atomic E-state index is 5.82. The number of hydrogen-bond donors (Lipinski definition) is 2. The van der Waals surface area contributed by atoms with E-state index >= 15 is 0 Å². The van der Waals surface area contributed by atoms with Crippen LogP contribution in [0.1, 0.15) is 48.9 Å². The molecule has 1 aromatic carbocycles. The number of hydrogen-bond acceptors (Lipinski definition) is 5. The number of nitrogen functional groups attached to an aromatic ring is 1. The molecule has 2 aromatic rings.